The molecule has 1 heterocycles. The molecular formula is C15H17NO3. The minimum Gasteiger partial charge on any atom is -0.457 e. The van der Waals surface area contributed by atoms with E-state index in [1.807, 2.05) is 44.2 Å². The van der Waals surface area contributed by atoms with E-state index in [4.69, 9.17) is 9.26 Å². The zero-order chi connectivity index (χ0) is 13.8. The van der Waals surface area contributed by atoms with E-state index in [0.29, 0.717) is 17.0 Å². The van der Waals surface area contributed by atoms with E-state index >= 15 is 0 Å². The number of aromatic nitrogens is 1. The lowest BCUT2D eigenvalue weighted by Gasteiger charge is -2.06. The Hall–Kier alpha value is -2.10. The monoisotopic (exact) mass is 259 g/mol. The Bertz CT molecular complexity index is 558. The summed E-state index contributed by atoms with van der Waals surface area (Å²) in [6.07, 6.45) is 0. The SMILES string of the molecule is Cc1noc(C(C)C)c1C(=O)OCc1ccccc1. The lowest BCUT2D eigenvalue weighted by Crippen LogP contribution is -2.09. The van der Waals surface area contributed by atoms with Gasteiger partial charge >= 0.3 is 5.97 Å². The second kappa shape index (κ2) is 5.69. The standard InChI is InChI=1S/C15H17NO3/c1-10(2)14-13(11(3)16-19-14)15(17)18-9-12-7-5-4-6-8-12/h4-8,10H,9H2,1-3H3. The first-order valence-electron chi connectivity index (χ1n) is 6.26. The van der Waals surface area contributed by atoms with Gasteiger partial charge in [0, 0.05) is 5.92 Å². The Balaban J connectivity index is 2.10. The number of hydrogen-bond acceptors (Lipinski definition) is 4. The maximum absolute atomic E-state index is 12.1. The third kappa shape index (κ3) is 3.02. The predicted octanol–water partition coefficient (Wildman–Crippen LogP) is 3.46. The van der Waals surface area contributed by atoms with Gasteiger partial charge in [0.25, 0.3) is 0 Å². The van der Waals surface area contributed by atoms with Crippen LogP contribution in [0.5, 0.6) is 0 Å². The number of carbonyl (C=O) groups is 1. The van der Waals surface area contributed by atoms with Crippen molar-refractivity contribution in [2.24, 2.45) is 0 Å². The van der Waals surface area contributed by atoms with Crippen molar-refractivity contribution in [3.63, 3.8) is 0 Å². The number of ether oxygens (including phenoxy) is 1. The topological polar surface area (TPSA) is 52.3 Å². The van der Waals surface area contributed by atoms with Gasteiger partial charge in [-0.1, -0.05) is 49.3 Å². The van der Waals surface area contributed by atoms with Crippen molar-refractivity contribution in [3.8, 4) is 0 Å². The number of rotatable bonds is 4. The van der Waals surface area contributed by atoms with E-state index in [9.17, 15) is 4.79 Å². The molecular weight excluding hydrogens is 242 g/mol. The molecule has 0 fully saturated rings. The van der Waals surface area contributed by atoms with Gasteiger partial charge in [0.2, 0.25) is 0 Å². The Morgan fingerprint density at radius 1 is 1.32 bits per heavy atom. The maximum atomic E-state index is 12.1. The van der Waals surface area contributed by atoms with Crippen molar-refractivity contribution in [2.45, 2.75) is 33.3 Å². The summed E-state index contributed by atoms with van der Waals surface area (Å²) in [5.41, 5.74) is 1.98. The van der Waals surface area contributed by atoms with Crippen LogP contribution < -0.4 is 0 Å². The molecule has 2 aromatic rings. The first-order chi connectivity index (χ1) is 9.09. The molecule has 4 heteroatoms. The smallest absolute Gasteiger partial charge is 0.344 e. The molecule has 0 spiro atoms. The highest BCUT2D eigenvalue weighted by atomic mass is 16.5. The molecule has 19 heavy (non-hydrogen) atoms. The Morgan fingerprint density at radius 2 is 2.00 bits per heavy atom. The summed E-state index contributed by atoms with van der Waals surface area (Å²) in [6, 6.07) is 9.57. The van der Waals surface area contributed by atoms with E-state index in [1.165, 1.54) is 0 Å². The predicted molar refractivity (Wildman–Crippen MR) is 70.9 cm³/mol. The van der Waals surface area contributed by atoms with Crippen LogP contribution in [-0.4, -0.2) is 11.1 Å². The Kier molecular flexibility index (Phi) is 4.00. The normalized spacial score (nSPS) is 10.7. The van der Waals surface area contributed by atoms with Crippen LogP contribution in [0, 0.1) is 6.92 Å². The molecule has 0 bridgehead atoms. The van der Waals surface area contributed by atoms with Crippen LogP contribution in [0.15, 0.2) is 34.9 Å². The molecule has 0 radical (unpaired) electrons. The number of benzene rings is 1. The molecule has 2 rings (SSSR count). The van der Waals surface area contributed by atoms with Crippen LogP contribution in [0.1, 0.15) is 47.1 Å². The third-order valence-corrected chi connectivity index (χ3v) is 2.83. The summed E-state index contributed by atoms with van der Waals surface area (Å²) >= 11 is 0. The van der Waals surface area contributed by atoms with E-state index in [2.05, 4.69) is 5.16 Å². The summed E-state index contributed by atoms with van der Waals surface area (Å²) in [6.45, 7) is 5.90. The molecule has 0 unspecified atom stereocenters. The Morgan fingerprint density at radius 3 is 2.63 bits per heavy atom. The highest BCUT2D eigenvalue weighted by molar-refractivity contribution is 5.91. The number of aryl methyl sites for hydroxylation is 1. The van der Waals surface area contributed by atoms with Gasteiger partial charge in [-0.3, -0.25) is 0 Å². The second-order valence-electron chi connectivity index (χ2n) is 4.72. The molecule has 0 aliphatic heterocycles. The quantitative estimate of drug-likeness (QED) is 0.789. The number of esters is 1. The molecule has 0 atom stereocenters. The average Bonchev–Trinajstić information content (AvgIpc) is 2.79. The summed E-state index contributed by atoms with van der Waals surface area (Å²) in [5.74, 6) is 0.294. The molecule has 0 saturated heterocycles. The van der Waals surface area contributed by atoms with Gasteiger partial charge in [-0.25, -0.2) is 4.79 Å². The highest BCUT2D eigenvalue weighted by Crippen LogP contribution is 2.23. The molecule has 0 amide bonds. The van der Waals surface area contributed by atoms with Gasteiger partial charge in [0.1, 0.15) is 12.2 Å². The van der Waals surface area contributed by atoms with Crippen molar-refractivity contribution < 1.29 is 14.1 Å². The lowest BCUT2D eigenvalue weighted by molar-refractivity contribution is 0.0468. The van der Waals surface area contributed by atoms with E-state index < -0.39 is 0 Å². The first-order valence-corrected chi connectivity index (χ1v) is 6.26. The highest BCUT2D eigenvalue weighted by Gasteiger charge is 2.23. The van der Waals surface area contributed by atoms with Gasteiger partial charge in [0.15, 0.2) is 5.76 Å². The van der Waals surface area contributed by atoms with Crippen molar-refractivity contribution in [1.29, 1.82) is 0 Å². The molecule has 0 saturated carbocycles. The summed E-state index contributed by atoms with van der Waals surface area (Å²) in [5, 5.41) is 3.84. The van der Waals surface area contributed by atoms with E-state index in [-0.39, 0.29) is 18.5 Å². The van der Waals surface area contributed by atoms with Crippen LogP contribution in [-0.2, 0) is 11.3 Å². The molecule has 4 nitrogen and oxygen atoms in total. The molecule has 0 N–H and O–H groups in total. The largest absolute Gasteiger partial charge is 0.457 e. The summed E-state index contributed by atoms with van der Waals surface area (Å²) in [4.78, 5) is 12.1. The average molecular weight is 259 g/mol. The van der Waals surface area contributed by atoms with Gasteiger partial charge in [-0.15, -0.1) is 0 Å². The van der Waals surface area contributed by atoms with Gasteiger partial charge in [-0.2, -0.15) is 0 Å². The fourth-order valence-corrected chi connectivity index (χ4v) is 1.82. The zero-order valence-electron chi connectivity index (χ0n) is 11.3. The van der Waals surface area contributed by atoms with E-state index in [0.717, 1.165) is 5.56 Å². The minimum atomic E-state index is -0.383. The molecule has 0 aliphatic rings. The molecule has 1 aromatic carbocycles. The van der Waals surface area contributed by atoms with Crippen LogP contribution >= 0.6 is 0 Å². The van der Waals surface area contributed by atoms with Crippen molar-refractivity contribution in [1.82, 2.24) is 5.16 Å². The van der Waals surface area contributed by atoms with Crippen molar-refractivity contribution >= 4 is 5.97 Å². The van der Waals surface area contributed by atoms with Crippen LogP contribution in [0.4, 0.5) is 0 Å². The number of nitrogens with zero attached hydrogens (tertiary/aromatic N) is 1. The summed E-state index contributed by atoms with van der Waals surface area (Å²) < 4.78 is 10.5. The zero-order valence-corrected chi connectivity index (χ0v) is 11.3. The maximum Gasteiger partial charge on any atom is 0.344 e. The molecule has 1 aromatic heterocycles. The Labute approximate surface area is 112 Å². The van der Waals surface area contributed by atoms with Crippen LogP contribution in [0.25, 0.3) is 0 Å². The van der Waals surface area contributed by atoms with E-state index in [1.54, 1.807) is 6.92 Å². The van der Waals surface area contributed by atoms with Crippen LogP contribution in [0.3, 0.4) is 0 Å². The van der Waals surface area contributed by atoms with Gasteiger partial charge in [0.05, 0.1) is 5.69 Å². The minimum absolute atomic E-state index is 0.0977. The number of hydrogen-bond donors (Lipinski definition) is 0. The number of carbonyl (C=O) groups excluding carboxylic acids is 1. The lowest BCUT2D eigenvalue weighted by atomic mass is 10.1. The van der Waals surface area contributed by atoms with Crippen molar-refractivity contribution in [2.75, 3.05) is 0 Å². The summed E-state index contributed by atoms with van der Waals surface area (Å²) in [7, 11) is 0. The first kappa shape index (κ1) is 13.3. The van der Waals surface area contributed by atoms with Crippen molar-refractivity contribution in [3.05, 3.63) is 52.9 Å². The van der Waals surface area contributed by atoms with Gasteiger partial charge in [-0.05, 0) is 12.5 Å². The molecule has 0 aliphatic carbocycles. The second-order valence-corrected chi connectivity index (χ2v) is 4.72. The van der Waals surface area contributed by atoms with Crippen LogP contribution in [0.2, 0.25) is 0 Å². The fourth-order valence-electron chi connectivity index (χ4n) is 1.82. The third-order valence-electron chi connectivity index (χ3n) is 2.83. The van der Waals surface area contributed by atoms with Gasteiger partial charge < -0.3 is 9.26 Å². The fraction of sp³-hybridized carbons (Fsp3) is 0.333. The molecule has 100 valence electrons.